The van der Waals surface area contributed by atoms with Crippen molar-refractivity contribution < 1.29 is 4.39 Å². The van der Waals surface area contributed by atoms with Gasteiger partial charge in [-0.25, -0.2) is 9.37 Å². The number of aromatic nitrogens is 1. The highest BCUT2D eigenvalue weighted by molar-refractivity contribution is 6.20. The molecule has 0 aliphatic rings. The zero-order valence-electron chi connectivity index (χ0n) is 7.59. The molecule has 0 amide bonds. The van der Waals surface area contributed by atoms with Crippen molar-refractivity contribution in [3.63, 3.8) is 0 Å². The van der Waals surface area contributed by atoms with Crippen molar-refractivity contribution >= 4 is 17.4 Å². The van der Waals surface area contributed by atoms with E-state index >= 15 is 0 Å². The van der Waals surface area contributed by atoms with Crippen molar-refractivity contribution in [1.82, 2.24) is 4.98 Å². The van der Waals surface area contributed by atoms with Gasteiger partial charge in [-0.1, -0.05) is 0 Å². The molecule has 72 valence electrons. The molecule has 2 unspecified atom stereocenters. The van der Waals surface area contributed by atoms with Crippen LogP contribution in [0.15, 0.2) is 18.3 Å². The van der Waals surface area contributed by atoms with Crippen molar-refractivity contribution in [2.75, 3.05) is 5.32 Å². The second kappa shape index (κ2) is 4.42. The first-order valence-electron chi connectivity index (χ1n) is 4.12. The summed E-state index contributed by atoms with van der Waals surface area (Å²) in [7, 11) is 0. The molecule has 0 radical (unpaired) electrons. The van der Waals surface area contributed by atoms with E-state index in [1.807, 2.05) is 13.8 Å². The predicted molar refractivity (Wildman–Crippen MR) is 52.6 cm³/mol. The predicted octanol–water partition coefficient (Wildman–Crippen LogP) is 2.65. The molecule has 0 bridgehead atoms. The first-order valence-corrected chi connectivity index (χ1v) is 4.56. The molecule has 1 aromatic rings. The standard InChI is InChI=1S/C9H12ClFN2/c1-6(10)7(2)13-9-8(11)4-3-5-12-9/h3-7H,1-2H3,(H,12,13). The van der Waals surface area contributed by atoms with Crippen LogP contribution in [0.4, 0.5) is 10.2 Å². The Labute approximate surface area is 82.1 Å². The van der Waals surface area contributed by atoms with E-state index in [1.54, 1.807) is 6.07 Å². The number of anilines is 1. The zero-order chi connectivity index (χ0) is 9.84. The number of pyridine rings is 1. The summed E-state index contributed by atoms with van der Waals surface area (Å²) in [4.78, 5) is 3.86. The van der Waals surface area contributed by atoms with Gasteiger partial charge < -0.3 is 5.32 Å². The summed E-state index contributed by atoms with van der Waals surface area (Å²) in [6.45, 7) is 3.73. The van der Waals surface area contributed by atoms with Gasteiger partial charge >= 0.3 is 0 Å². The highest BCUT2D eigenvalue weighted by atomic mass is 35.5. The molecule has 4 heteroatoms. The molecule has 1 N–H and O–H groups in total. The Morgan fingerprint density at radius 3 is 2.77 bits per heavy atom. The van der Waals surface area contributed by atoms with Crippen molar-refractivity contribution in [3.05, 3.63) is 24.1 Å². The Hall–Kier alpha value is -0.830. The van der Waals surface area contributed by atoms with Crippen molar-refractivity contribution in [1.29, 1.82) is 0 Å². The molecule has 0 aromatic carbocycles. The van der Waals surface area contributed by atoms with Gasteiger partial charge in [0.25, 0.3) is 0 Å². The molecule has 1 rings (SSSR count). The third kappa shape index (κ3) is 2.84. The first kappa shape index (κ1) is 10.3. The molecule has 2 atom stereocenters. The summed E-state index contributed by atoms with van der Waals surface area (Å²) in [6, 6.07) is 2.90. The Bertz CT molecular complexity index is 278. The minimum absolute atomic E-state index is 0.00827. The maximum absolute atomic E-state index is 13.0. The van der Waals surface area contributed by atoms with E-state index in [-0.39, 0.29) is 23.1 Å². The molecule has 0 saturated carbocycles. The van der Waals surface area contributed by atoms with E-state index in [9.17, 15) is 4.39 Å². The molecule has 1 heterocycles. The lowest BCUT2D eigenvalue weighted by Crippen LogP contribution is -2.25. The number of nitrogens with zero attached hydrogens (tertiary/aromatic N) is 1. The van der Waals surface area contributed by atoms with Crippen LogP contribution >= 0.6 is 11.6 Å². The molecular weight excluding hydrogens is 191 g/mol. The first-order chi connectivity index (χ1) is 6.11. The zero-order valence-corrected chi connectivity index (χ0v) is 8.35. The van der Waals surface area contributed by atoms with Crippen molar-refractivity contribution in [2.24, 2.45) is 0 Å². The summed E-state index contributed by atoms with van der Waals surface area (Å²) in [6.07, 6.45) is 1.54. The van der Waals surface area contributed by atoms with Gasteiger partial charge in [0.1, 0.15) is 0 Å². The molecule has 0 spiro atoms. The van der Waals surface area contributed by atoms with Crippen LogP contribution in [0.1, 0.15) is 13.8 Å². The second-order valence-electron chi connectivity index (χ2n) is 2.94. The van der Waals surface area contributed by atoms with Crippen LogP contribution in [0.25, 0.3) is 0 Å². The van der Waals surface area contributed by atoms with Gasteiger partial charge in [0.05, 0.1) is 5.38 Å². The molecule has 2 nitrogen and oxygen atoms in total. The number of hydrogen-bond donors (Lipinski definition) is 1. The van der Waals surface area contributed by atoms with Gasteiger partial charge in [0.2, 0.25) is 0 Å². The van der Waals surface area contributed by atoms with Crippen LogP contribution in [0, 0.1) is 5.82 Å². The van der Waals surface area contributed by atoms with Gasteiger partial charge in [-0.3, -0.25) is 0 Å². The quantitative estimate of drug-likeness (QED) is 0.763. The number of nitrogens with one attached hydrogen (secondary N) is 1. The van der Waals surface area contributed by atoms with E-state index in [0.717, 1.165) is 0 Å². The van der Waals surface area contributed by atoms with Crippen LogP contribution in [0.2, 0.25) is 0 Å². The maximum atomic E-state index is 13.0. The number of rotatable bonds is 3. The van der Waals surface area contributed by atoms with E-state index in [0.29, 0.717) is 0 Å². The third-order valence-corrected chi connectivity index (χ3v) is 2.19. The summed E-state index contributed by atoms with van der Waals surface area (Å²) >= 11 is 5.82. The Balaban J connectivity index is 2.69. The number of hydrogen-bond acceptors (Lipinski definition) is 2. The molecule has 13 heavy (non-hydrogen) atoms. The van der Waals surface area contributed by atoms with E-state index < -0.39 is 0 Å². The summed E-state index contributed by atoms with van der Waals surface area (Å²) in [5, 5.41) is 2.82. The van der Waals surface area contributed by atoms with Crippen LogP contribution in [0.3, 0.4) is 0 Å². The average molecular weight is 203 g/mol. The summed E-state index contributed by atoms with van der Waals surface area (Å²) in [5.74, 6) is -0.103. The fourth-order valence-electron chi connectivity index (χ4n) is 0.822. The normalized spacial score (nSPS) is 15.1. The minimum Gasteiger partial charge on any atom is -0.364 e. The van der Waals surface area contributed by atoms with Crippen LogP contribution in [-0.2, 0) is 0 Å². The van der Waals surface area contributed by atoms with Crippen molar-refractivity contribution in [2.45, 2.75) is 25.3 Å². The lowest BCUT2D eigenvalue weighted by atomic mass is 10.2. The summed E-state index contributed by atoms with van der Waals surface area (Å²) in [5.41, 5.74) is 0. The van der Waals surface area contributed by atoms with E-state index in [1.165, 1.54) is 12.3 Å². The Morgan fingerprint density at radius 2 is 2.23 bits per heavy atom. The fraction of sp³-hybridized carbons (Fsp3) is 0.444. The average Bonchev–Trinajstić information content (AvgIpc) is 2.08. The second-order valence-corrected chi connectivity index (χ2v) is 3.63. The van der Waals surface area contributed by atoms with Crippen LogP contribution in [-0.4, -0.2) is 16.4 Å². The maximum Gasteiger partial charge on any atom is 0.165 e. The smallest absolute Gasteiger partial charge is 0.165 e. The van der Waals surface area contributed by atoms with Gasteiger partial charge in [0.15, 0.2) is 11.6 Å². The molecule has 0 aliphatic carbocycles. The third-order valence-electron chi connectivity index (χ3n) is 1.81. The van der Waals surface area contributed by atoms with Gasteiger partial charge in [-0.05, 0) is 26.0 Å². The largest absolute Gasteiger partial charge is 0.364 e. The Morgan fingerprint density at radius 1 is 1.54 bits per heavy atom. The highest BCUT2D eigenvalue weighted by Gasteiger charge is 2.11. The van der Waals surface area contributed by atoms with E-state index in [4.69, 9.17) is 11.6 Å². The lowest BCUT2D eigenvalue weighted by molar-refractivity contribution is 0.619. The SMILES string of the molecule is CC(Cl)C(C)Nc1ncccc1F. The molecular formula is C9H12ClFN2. The highest BCUT2D eigenvalue weighted by Crippen LogP contribution is 2.12. The molecule has 0 aliphatic heterocycles. The van der Waals surface area contributed by atoms with Gasteiger partial charge in [-0.2, -0.15) is 0 Å². The topological polar surface area (TPSA) is 24.9 Å². The Kier molecular flexibility index (Phi) is 3.48. The van der Waals surface area contributed by atoms with E-state index in [2.05, 4.69) is 10.3 Å². The minimum atomic E-state index is -0.355. The molecule has 1 aromatic heterocycles. The van der Waals surface area contributed by atoms with Crippen LogP contribution in [0.5, 0.6) is 0 Å². The monoisotopic (exact) mass is 202 g/mol. The lowest BCUT2D eigenvalue weighted by Gasteiger charge is -2.16. The number of alkyl halides is 1. The van der Waals surface area contributed by atoms with Crippen molar-refractivity contribution in [3.8, 4) is 0 Å². The molecule has 0 saturated heterocycles. The van der Waals surface area contributed by atoms with Gasteiger partial charge in [0, 0.05) is 12.2 Å². The fourth-order valence-corrected chi connectivity index (χ4v) is 0.885. The van der Waals surface area contributed by atoms with Crippen LogP contribution < -0.4 is 5.32 Å². The summed E-state index contributed by atoms with van der Waals surface area (Å²) < 4.78 is 13.0. The number of halogens is 2. The van der Waals surface area contributed by atoms with Gasteiger partial charge in [-0.15, -0.1) is 11.6 Å². The molecule has 0 fully saturated rings.